The summed E-state index contributed by atoms with van der Waals surface area (Å²) in [6.45, 7) is 1.83. The standard InChI is InChI=1S/C14H18N4O2S/c1-14(8-19,10-3-4-10)17-12(20)11-7-21-13(16-11)9-5-15-18(2)6-9/h5-7,10,19H,3-4,8H2,1-2H3,(H,17,20). The van der Waals surface area contributed by atoms with E-state index in [9.17, 15) is 9.90 Å². The van der Waals surface area contributed by atoms with Crippen LogP contribution in [0, 0.1) is 5.92 Å². The Kier molecular flexibility index (Phi) is 3.54. The minimum absolute atomic E-state index is 0.0526. The van der Waals surface area contributed by atoms with Crippen LogP contribution < -0.4 is 5.32 Å². The fourth-order valence-corrected chi connectivity index (χ4v) is 3.13. The molecule has 1 atom stereocenters. The molecule has 2 heterocycles. The van der Waals surface area contributed by atoms with Gasteiger partial charge in [0.25, 0.3) is 5.91 Å². The number of aliphatic hydroxyl groups is 1. The largest absolute Gasteiger partial charge is 0.394 e. The molecule has 1 aliphatic rings. The first-order chi connectivity index (χ1) is 10.0. The molecule has 1 aliphatic carbocycles. The molecular weight excluding hydrogens is 288 g/mol. The number of aryl methyl sites for hydroxylation is 1. The maximum atomic E-state index is 12.3. The highest BCUT2D eigenvalue weighted by atomic mass is 32.1. The van der Waals surface area contributed by atoms with Gasteiger partial charge in [-0.1, -0.05) is 0 Å². The van der Waals surface area contributed by atoms with Crippen molar-refractivity contribution in [3.8, 4) is 10.6 Å². The third-order valence-corrected chi connectivity index (χ3v) is 4.79. The highest BCUT2D eigenvalue weighted by molar-refractivity contribution is 7.13. The lowest BCUT2D eigenvalue weighted by atomic mass is 9.97. The molecule has 3 rings (SSSR count). The molecule has 112 valence electrons. The van der Waals surface area contributed by atoms with Gasteiger partial charge < -0.3 is 10.4 Å². The Balaban J connectivity index is 1.75. The molecule has 0 bridgehead atoms. The molecule has 2 aromatic rings. The third-order valence-electron chi connectivity index (χ3n) is 3.89. The quantitative estimate of drug-likeness (QED) is 0.876. The van der Waals surface area contributed by atoms with E-state index in [-0.39, 0.29) is 12.5 Å². The van der Waals surface area contributed by atoms with Gasteiger partial charge in [-0.05, 0) is 25.7 Å². The third kappa shape index (κ3) is 2.84. The number of nitrogens with zero attached hydrogens (tertiary/aromatic N) is 3. The van der Waals surface area contributed by atoms with Gasteiger partial charge in [0.15, 0.2) is 0 Å². The Morgan fingerprint density at radius 1 is 1.62 bits per heavy atom. The Morgan fingerprint density at radius 2 is 2.38 bits per heavy atom. The summed E-state index contributed by atoms with van der Waals surface area (Å²) < 4.78 is 1.70. The van der Waals surface area contributed by atoms with Crippen LogP contribution >= 0.6 is 11.3 Å². The number of aliphatic hydroxyl groups excluding tert-OH is 1. The monoisotopic (exact) mass is 306 g/mol. The zero-order valence-electron chi connectivity index (χ0n) is 12.0. The molecule has 21 heavy (non-hydrogen) atoms. The molecular formula is C14H18N4O2S. The summed E-state index contributed by atoms with van der Waals surface area (Å²) >= 11 is 1.41. The van der Waals surface area contributed by atoms with Crippen LogP contribution in [0.1, 0.15) is 30.3 Å². The number of carbonyl (C=O) groups is 1. The molecule has 0 aliphatic heterocycles. The second kappa shape index (κ2) is 5.23. The van der Waals surface area contributed by atoms with E-state index < -0.39 is 5.54 Å². The molecule has 1 saturated carbocycles. The zero-order chi connectivity index (χ0) is 15.0. The summed E-state index contributed by atoms with van der Waals surface area (Å²) in [7, 11) is 1.84. The van der Waals surface area contributed by atoms with Gasteiger partial charge in [0.2, 0.25) is 0 Å². The van der Waals surface area contributed by atoms with Crippen molar-refractivity contribution in [1.29, 1.82) is 0 Å². The lowest BCUT2D eigenvalue weighted by Crippen LogP contribution is -2.50. The van der Waals surface area contributed by atoms with E-state index in [2.05, 4.69) is 15.4 Å². The molecule has 7 heteroatoms. The predicted molar refractivity (Wildman–Crippen MR) is 80.0 cm³/mol. The normalized spacial score (nSPS) is 17.5. The lowest BCUT2D eigenvalue weighted by molar-refractivity contribution is 0.0820. The number of aromatic nitrogens is 3. The van der Waals surface area contributed by atoms with Crippen molar-refractivity contribution in [2.24, 2.45) is 13.0 Å². The maximum absolute atomic E-state index is 12.3. The van der Waals surface area contributed by atoms with Crippen molar-refractivity contribution in [2.45, 2.75) is 25.3 Å². The van der Waals surface area contributed by atoms with Gasteiger partial charge >= 0.3 is 0 Å². The first-order valence-electron chi connectivity index (χ1n) is 6.90. The number of amides is 1. The summed E-state index contributed by atoms with van der Waals surface area (Å²) in [4.78, 5) is 16.7. The molecule has 0 aromatic carbocycles. The van der Waals surface area contributed by atoms with E-state index in [0.717, 1.165) is 23.4 Å². The molecule has 0 saturated heterocycles. The Labute approximate surface area is 126 Å². The average molecular weight is 306 g/mol. The molecule has 2 N–H and O–H groups in total. The summed E-state index contributed by atoms with van der Waals surface area (Å²) in [6, 6.07) is 0. The van der Waals surface area contributed by atoms with Gasteiger partial charge in [-0.2, -0.15) is 5.10 Å². The topological polar surface area (TPSA) is 80.0 Å². The summed E-state index contributed by atoms with van der Waals surface area (Å²) in [5.41, 5.74) is 0.739. The second-order valence-corrected chi connectivity index (χ2v) is 6.60. The summed E-state index contributed by atoms with van der Waals surface area (Å²) in [5.74, 6) is 0.132. The van der Waals surface area contributed by atoms with Gasteiger partial charge in [0.1, 0.15) is 10.7 Å². The van der Waals surface area contributed by atoms with E-state index in [0.29, 0.717) is 11.6 Å². The average Bonchev–Trinajstić information content (AvgIpc) is 3.05. The van der Waals surface area contributed by atoms with Crippen LogP contribution in [0.5, 0.6) is 0 Å². The molecule has 2 aromatic heterocycles. The summed E-state index contributed by atoms with van der Waals surface area (Å²) in [5, 5.41) is 19.1. The van der Waals surface area contributed by atoms with Gasteiger partial charge in [-0.3, -0.25) is 9.48 Å². The van der Waals surface area contributed by atoms with E-state index in [4.69, 9.17) is 0 Å². The molecule has 1 fully saturated rings. The van der Waals surface area contributed by atoms with E-state index in [1.54, 1.807) is 16.3 Å². The molecule has 6 nitrogen and oxygen atoms in total. The fraction of sp³-hybridized carbons (Fsp3) is 0.500. The van der Waals surface area contributed by atoms with E-state index in [1.807, 2.05) is 20.2 Å². The fourth-order valence-electron chi connectivity index (χ4n) is 2.36. The van der Waals surface area contributed by atoms with Gasteiger partial charge in [-0.25, -0.2) is 4.98 Å². The number of rotatable bonds is 5. The molecule has 0 radical (unpaired) electrons. The smallest absolute Gasteiger partial charge is 0.271 e. The Hall–Kier alpha value is -1.73. The minimum Gasteiger partial charge on any atom is -0.394 e. The van der Waals surface area contributed by atoms with Crippen molar-refractivity contribution < 1.29 is 9.90 Å². The summed E-state index contributed by atoms with van der Waals surface area (Å²) in [6.07, 6.45) is 5.69. The van der Waals surface area contributed by atoms with Crippen molar-refractivity contribution in [1.82, 2.24) is 20.1 Å². The first kappa shape index (κ1) is 14.2. The highest BCUT2D eigenvalue weighted by Crippen LogP contribution is 2.39. The van der Waals surface area contributed by atoms with Crippen molar-refractivity contribution >= 4 is 17.2 Å². The Morgan fingerprint density at radius 3 is 2.95 bits per heavy atom. The van der Waals surface area contributed by atoms with Crippen LogP contribution in [0.3, 0.4) is 0 Å². The lowest BCUT2D eigenvalue weighted by Gasteiger charge is -2.28. The van der Waals surface area contributed by atoms with Crippen LogP contribution in [0.4, 0.5) is 0 Å². The zero-order valence-corrected chi connectivity index (χ0v) is 12.9. The van der Waals surface area contributed by atoms with Crippen molar-refractivity contribution in [3.63, 3.8) is 0 Å². The van der Waals surface area contributed by atoms with Gasteiger partial charge in [0.05, 0.1) is 18.3 Å². The SMILES string of the molecule is Cn1cc(-c2nc(C(=O)NC(C)(CO)C3CC3)cs2)cn1. The van der Waals surface area contributed by atoms with Crippen LogP contribution in [-0.4, -0.2) is 37.9 Å². The van der Waals surface area contributed by atoms with E-state index in [1.165, 1.54) is 11.3 Å². The van der Waals surface area contributed by atoms with Gasteiger partial charge in [0, 0.05) is 24.2 Å². The van der Waals surface area contributed by atoms with Crippen molar-refractivity contribution in [2.75, 3.05) is 6.61 Å². The van der Waals surface area contributed by atoms with Crippen LogP contribution in [0.25, 0.3) is 10.6 Å². The van der Waals surface area contributed by atoms with E-state index >= 15 is 0 Å². The Bertz CT molecular complexity index is 661. The molecule has 1 unspecified atom stereocenters. The molecule has 0 spiro atoms. The number of thiazole rings is 1. The number of carbonyl (C=O) groups excluding carboxylic acids is 1. The predicted octanol–water partition coefficient (Wildman–Crippen LogP) is 1.43. The number of hydrogen-bond donors (Lipinski definition) is 2. The second-order valence-electron chi connectivity index (χ2n) is 5.74. The van der Waals surface area contributed by atoms with Crippen molar-refractivity contribution in [3.05, 3.63) is 23.5 Å². The van der Waals surface area contributed by atoms with Gasteiger partial charge in [-0.15, -0.1) is 11.3 Å². The van der Waals surface area contributed by atoms with Crippen LogP contribution in [0.15, 0.2) is 17.8 Å². The first-order valence-corrected chi connectivity index (χ1v) is 7.78. The highest BCUT2D eigenvalue weighted by Gasteiger charge is 2.42. The number of nitrogens with one attached hydrogen (secondary N) is 1. The van der Waals surface area contributed by atoms with Crippen LogP contribution in [-0.2, 0) is 7.05 Å². The van der Waals surface area contributed by atoms with Crippen LogP contribution in [0.2, 0.25) is 0 Å². The molecule has 1 amide bonds. The number of hydrogen-bond acceptors (Lipinski definition) is 5. The maximum Gasteiger partial charge on any atom is 0.271 e. The minimum atomic E-state index is -0.546.